The Morgan fingerprint density at radius 3 is 2.78 bits per heavy atom. The first-order valence-electron chi connectivity index (χ1n) is 9.06. The summed E-state index contributed by atoms with van der Waals surface area (Å²) in [5.74, 6) is -0.843. The van der Waals surface area contributed by atoms with Crippen LogP contribution in [0.3, 0.4) is 0 Å². The maximum Gasteiger partial charge on any atom is 0.410 e. The van der Waals surface area contributed by atoms with Crippen LogP contribution in [-0.2, 0) is 25.5 Å². The maximum absolute atomic E-state index is 12.5. The second kappa shape index (κ2) is 9.16. The molecule has 2 rings (SSSR count). The summed E-state index contributed by atoms with van der Waals surface area (Å²) in [7, 11) is 0. The highest BCUT2D eigenvalue weighted by atomic mass is 32.1. The number of thiazole rings is 1. The van der Waals surface area contributed by atoms with Gasteiger partial charge in [0.25, 0.3) is 0 Å². The molecule has 1 fully saturated rings. The number of carbonyl (C=O) groups excluding carboxylic acids is 3. The molecule has 1 atom stereocenters. The van der Waals surface area contributed by atoms with Crippen LogP contribution in [0.25, 0.3) is 0 Å². The molecule has 0 radical (unpaired) electrons. The first kappa shape index (κ1) is 21.1. The Kier molecular flexibility index (Phi) is 7.18. The van der Waals surface area contributed by atoms with Crippen LogP contribution < -0.4 is 5.32 Å². The van der Waals surface area contributed by atoms with E-state index in [9.17, 15) is 14.4 Å². The van der Waals surface area contributed by atoms with Crippen molar-refractivity contribution in [1.29, 1.82) is 0 Å². The van der Waals surface area contributed by atoms with E-state index in [-0.39, 0.29) is 24.2 Å². The maximum atomic E-state index is 12.5. The lowest BCUT2D eigenvalue weighted by Crippen LogP contribution is -2.45. The SMILES string of the molecule is CCOC(=O)Cc1csc(NC(=O)C2CCCN(C(=O)OC(C)(C)C)C2)n1. The third kappa shape index (κ3) is 6.82. The van der Waals surface area contributed by atoms with Gasteiger partial charge in [0.1, 0.15) is 5.60 Å². The molecule has 1 saturated heterocycles. The summed E-state index contributed by atoms with van der Waals surface area (Å²) in [6.07, 6.45) is 1.12. The van der Waals surface area contributed by atoms with Gasteiger partial charge in [-0.15, -0.1) is 11.3 Å². The van der Waals surface area contributed by atoms with Crippen LogP contribution in [0.4, 0.5) is 9.93 Å². The van der Waals surface area contributed by atoms with Gasteiger partial charge in [0.15, 0.2) is 5.13 Å². The van der Waals surface area contributed by atoms with Gasteiger partial charge in [-0.2, -0.15) is 0 Å². The fourth-order valence-electron chi connectivity index (χ4n) is 2.70. The van der Waals surface area contributed by atoms with Crippen LogP contribution in [0.2, 0.25) is 0 Å². The van der Waals surface area contributed by atoms with Crippen molar-refractivity contribution in [2.45, 2.75) is 52.6 Å². The molecule has 0 spiro atoms. The van der Waals surface area contributed by atoms with Crippen LogP contribution in [0, 0.1) is 5.92 Å². The number of likely N-dealkylation sites (tertiary alicyclic amines) is 1. The molecule has 0 saturated carbocycles. The Hall–Kier alpha value is -2.16. The topological polar surface area (TPSA) is 97.8 Å². The normalized spacial score (nSPS) is 17.3. The van der Waals surface area contributed by atoms with E-state index in [2.05, 4.69) is 10.3 Å². The van der Waals surface area contributed by atoms with Crippen LogP contribution >= 0.6 is 11.3 Å². The largest absolute Gasteiger partial charge is 0.466 e. The van der Waals surface area contributed by atoms with Crippen LogP contribution in [0.15, 0.2) is 5.38 Å². The first-order chi connectivity index (χ1) is 12.7. The number of hydrogen-bond acceptors (Lipinski definition) is 7. The Morgan fingerprint density at radius 2 is 2.11 bits per heavy atom. The molecule has 1 N–H and O–H groups in total. The third-order valence-corrected chi connectivity index (χ3v) is 4.66. The average Bonchev–Trinajstić information content (AvgIpc) is 3.00. The molecule has 1 aromatic heterocycles. The van der Waals surface area contributed by atoms with E-state index in [1.165, 1.54) is 11.3 Å². The molecule has 2 heterocycles. The average molecular weight is 397 g/mol. The molecule has 0 aromatic carbocycles. The number of rotatable bonds is 5. The van der Waals surface area contributed by atoms with Gasteiger partial charge in [-0.1, -0.05) is 0 Å². The zero-order valence-electron chi connectivity index (χ0n) is 16.2. The van der Waals surface area contributed by atoms with E-state index in [0.717, 1.165) is 6.42 Å². The first-order valence-corrected chi connectivity index (χ1v) is 9.94. The summed E-state index contributed by atoms with van der Waals surface area (Å²) in [6.45, 7) is 8.42. The van der Waals surface area contributed by atoms with Crippen molar-refractivity contribution in [3.8, 4) is 0 Å². The smallest absolute Gasteiger partial charge is 0.410 e. The molecule has 9 heteroatoms. The summed E-state index contributed by atoms with van der Waals surface area (Å²) < 4.78 is 10.3. The number of aromatic nitrogens is 1. The Labute approximate surface area is 163 Å². The molecule has 2 amide bonds. The van der Waals surface area contributed by atoms with Crippen molar-refractivity contribution in [2.24, 2.45) is 5.92 Å². The van der Waals surface area contributed by atoms with Crippen molar-refractivity contribution >= 4 is 34.4 Å². The van der Waals surface area contributed by atoms with Crippen molar-refractivity contribution in [3.63, 3.8) is 0 Å². The van der Waals surface area contributed by atoms with E-state index < -0.39 is 11.7 Å². The number of nitrogens with zero attached hydrogens (tertiary/aromatic N) is 2. The minimum Gasteiger partial charge on any atom is -0.466 e. The van der Waals surface area contributed by atoms with Crippen molar-refractivity contribution < 1.29 is 23.9 Å². The molecule has 1 aromatic rings. The number of anilines is 1. The predicted octanol–water partition coefficient (Wildman–Crippen LogP) is 2.83. The Morgan fingerprint density at radius 1 is 1.37 bits per heavy atom. The number of hydrogen-bond donors (Lipinski definition) is 1. The highest BCUT2D eigenvalue weighted by Gasteiger charge is 2.31. The van der Waals surface area contributed by atoms with E-state index in [1.54, 1.807) is 17.2 Å². The van der Waals surface area contributed by atoms with Crippen molar-refractivity contribution in [3.05, 3.63) is 11.1 Å². The molecule has 0 bridgehead atoms. The number of esters is 1. The molecule has 8 nitrogen and oxygen atoms in total. The van der Waals surface area contributed by atoms with Crippen molar-refractivity contribution in [1.82, 2.24) is 9.88 Å². The zero-order valence-corrected chi connectivity index (χ0v) is 17.1. The van der Waals surface area contributed by atoms with Gasteiger partial charge < -0.3 is 19.7 Å². The Bertz CT molecular complexity index is 683. The van der Waals surface area contributed by atoms with E-state index in [1.807, 2.05) is 20.8 Å². The monoisotopic (exact) mass is 397 g/mol. The van der Waals surface area contributed by atoms with E-state index >= 15 is 0 Å². The second-order valence-corrected chi connectivity index (χ2v) is 8.24. The predicted molar refractivity (Wildman–Crippen MR) is 102 cm³/mol. The standard InChI is InChI=1S/C18H27N3O5S/c1-5-25-14(22)9-13-11-27-16(19-13)20-15(23)12-7-6-8-21(10-12)17(24)26-18(2,3)4/h11-12H,5-10H2,1-4H3,(H,19,20,23). The minimum absolute atomic E-state index is 0.0794. The van der Waals surface area contributed by atoms with E-state index in [0.29, 0.717) is 36.9 Å². The fourth-order valence-corrected chi connectivity index (χ4v) is 3.41. The summed E-state index contributed by atoms with van der Waals surface area (Å²) in [5.41, 5.74) is -0.00421. The van der Waals surface area contributed by atoms with Crippen LogP contribution in [-0.4, -0.2) is 53.2 Å². The number of piperidine rings is 1. The molecule has 1 aliphatic heterocycles. The van der Waals surface area contributed by atoms with E-state index in [4.69, 9.17) is 9.47 Å². The van der Waals surface area contributed by atoms with Crippen LogP contribution in [0.5, 0.6) is 0 Å². The van der Waals surface area contributed by atoms with Gasteiger partial charge in [0, 0.05) is 18.5 Å². The zero-order chi connectivity index (χ0) is 20.0. The lowest BCUT2D eigenvalue weighted by atomic mass is 9.97. The molecule has 150 valence electrons. The summed E-state index contributed by atoms with van der Waals surface area (Å²) in [6, 6.07) is 0. The molecular formula is C18H27N3O5S. The fraction of sp³-hybridized carbons (Fsp3) is 0.667. The number of nitrogens with one attached hydrogen (secondary N) is 1. The summed E-state index contributed by atoms with van der Waals surface area (Å²) >= 11 is 1.26. The lowest BCUT2D eigenvalue weighted by Gasteiger charge is -2.33. The minimum atomic E-state index is -0.567. The molecule has 1 aliphatic rings. The molecule has 0 aliphatic carbocycles. The summed E-state index contributed by atoms with van der Waals surface area (Å²) in [4.78, 5) is 42.1. The van der Waals surface area contributed by atoms with Gasteiger partial charge in [-0.05, 0) is 40.5 Å². The molecule has 27 heavy (non-hydrogen) atoms. The lowest BCUT2D eigenvalue weighted by molar-refractivity contribution is -0.142. The third-order valence-electron chi connectivity index (χ3n) is 3.86. The van der Waals surface area contributed by atoms with Crippen LogP contribution in [0.1, 0.15) is 46.2 Å². The van der Waals surface area contributed by atoms with Gasteiger partial charge in [0.05, 0.1) is 24.6 Å². The Balaban J connectivity index is 1.89. The number of ether oxygens (including phenoxy) is 2. The van der Waals surface area contributed by atoms with Gasteiger partial charge in [-0.25, -0.2) is 9.78 Å². The van der Waals surface area contributed by atoms with Crippen molar-refractivity contribution in [2.75, 3.05) is 25.0 Å². The van der Waals surface area contributed by atoms with Gasteiger partial charge in [0.2, 0.25) is 5.91 Å². The number of amides is 2. The quantitative estimate of drug-likeness (QED) is 0.767. The molecular weight excluding hydrogens is 370 g/mol. The van der Waals surface area contributed by atoms with Gasteiger partial charge >= 0.3 is 12.1 Å². The second-order valence-electron chi connectivity index (χ2n) is 7.38. The molecule has 1 unspecified atom stereocenters. The summed E-state index contributed by atoms with van der Waals surface area (Å²) in [5, 5.41) is 4.94. The highest BCUT2D eigenvalue weighted by Crippen LogP contribution is 2.22. The van der Waals surface area contributed by atoms with Gasteiger partial charge in [-0.3, -0.25) is 9.59 Å². The number of carbonyl (C=O) groups is 3. The highest BCUT2D eigenvalue weighted by molar-refractivity contribution is 7.13.